The molecule has 0 bridgehead atoms. The molecule has 0 radical (unpaired) electrons. The van der Waals surface area contributed by atoms with Crippen LogP contribution in [0.15, 0.2) is 97.1 Å². The summed E-state index contributed by atoms with van der Waals surface area (Å²) in [6.45, 7) is 5.04. The van der Waals surface area contributed by atoms with Crippen molar-refractivity contribution in [3.63, 3.8) is 0 Å². The number of rotatable bonds is 10. The maximum absolute atomic E-state index is 13.5. The maximum Gasteiger partial charge on any atom is 0.322 e. The molecule has 8 nitrogen and oxygen atoms in total. The highest BCUT2D eigenvalue weighted by Crippen LogP contribution is 2.26. The van der Waals surface area contributed by atoms with Crippen LogP contribution in [0.25, 0.3) is 0 Å². The van der Waals surface area contributed by atoms with Crippen LogP contribution >= 0.6 is 0 Å². The van der Waals surface area contributed by atoms with Gasteiger partial charge in [-0.1, -0.05) is 42.0 Å². The van der Waals surface area contributed by atoms with Crippen molar-refractivity contribution >= 4 is 27.4 Å². The monoisotopic (exact) mass is 616 g/mol. The Hall–Kier alpha value is -4.41. The molecule has 0 aromatic heterocycles. The van der Waals surface area contributed by atoms with Crippen LogP contribution in [0.4, 0.5) is 20.6 Å². The Morgan fingerprint density at radius 1 is 0.886 bits per heavy atom. The molecule has 0 saturated carbocycles. The zero-order valence-corrected chi connectivity index (χ0v) is 25.7. The molecule has 1 heterocycles. The molecular weight excluding hydrogens is 579 g/mol. The molecule has 4 aromatic rings. The van der Waals surface area contributed by atoms with Crippen molar-refractivity contribution in [2.45, 2.75) is 38.9 Å². The molecule has 1 fully saturated rings. The second-order valence-corrected chi connectivity index (χ2v) is 13.0. The van der Waals surface area contributed by atoms with Crippen LogP contribution in [0.5, 0.6) is 11.5 Å². The normalized spacial score (nSPS) is 14.2. The molecule has 2 amide bonds. The van der Waals surface area contributed by atoms with Gasteiger partial charge in [-0.15, -0.1) is 0 Å². The highest BCUT2D eigenvalue weighted by molar-refractivity contribution is 7.92. The quantitative estimate of drug-likeness (QED) is 0.200. The predicted octanol–water partition coefficient (Wildman–Crippen LogP) is 7.00. The van der Waals surface area contributed by atoms with Gasteiger partial charge in [0.1, 0.15) is 17.3 Å². The Kier molecular flexibility index (Phi) is 9.82. The molecule has 2 N–H and O–H groups in total. The minimum Gasteiger partial charge on any atom is -0.457 e. The number of nitrogens with zero attached hydrogens (tertiary/aromatic N) is 2. The molecule has 0 spiro atoms. The number of halogens is 1. The summed E-state index contributed by atoms with van der Waals surface area (Å²) in [7, 11) is -3.33. The van der Waals surface area contributed by atoms with Gasteiger partial charge >= 0.3 is 6.03 Å². The van der Waals surface area contributed by atoms with Crippen LogP contribution < -0.4 is 14.8 Å². The average molecular weight is 617 g/mol. The molecular formula is C34H37FN4O4S. The van der Waals surface area contributed by atoms with E-state index in [2.05, 4.69) is 21.0 Å². The first kappa shape index (κ1) is 31.0. The topological polar surface area (TPSA) is 91.0 Å². The van der Waals surface area contributed by atoms with E-state index in [-0.39, 0.29) is 17.9 Å². The van der Waals surface area contributed by atoms with Crippen molar-refractivity contribution in [2.24, 2.45) is 0 Å². The Balaban J connectivity index is 1.17. The van der Waals surface area contributed by atoms with Gasteiger partial charge in [-0.05, 0) is 91.6 Å². The Morgan fingerprint density at radius 2 is 1.50 bits per heavy atom. The number of carbonyl (C=O) groups is 1. The van der Waals surface area contributed by atoms with E-state index in [9.17, 15) is 17.6 Å². The zero-order chi connectivity index (χ0) is 31.1. The van der Waals surface area contributed by atoms with Gasteiger partial charge in [0.2, 0.25) is 10.0 Å². The number of piperidine rings is 1. The zero-order valence-electron chi connectivity index (χ0n) is 24.9. The number of hydrogen-bond donors (Lipinski definition) is 2. The van der Waals surface area contributed by atoms with Crippen molar-refractivity contribution in [3.8, 4) is 11.5 Å². The fourth-order valence-electron chi connectivity index (χ4n) is 5.35. The minimum absolute atomic E-state index is 0.0713. The number of aryl methyl sites for hydroxylation is 1. The molecule has 44 heavy (non-hydrogen) atoms. The first-order valence-corrected chi connectivity index (χ1v) is 16.4. The van der Waals surface area contributed by atoms with E-state index in [1.165, 1.54) is 12.1 Å². The molecule has 1 aliphatic rings. The van der Waals surface area contributed by atoms with Crippen molar-refractivity contribution in [3.05, 3.63) is 120 Å². The predicted molar refractivity (Wildman–Crippen MR) is 172 cm³/mol. The summed E-state index contributed by atoms with van der Waals surface area (Å²) < 4.78 is 44.6. The highest BCUT2D eigenvalue weighted by Gasteiger charge is 2.28. The van der Waals surface area contributed by atoms with E-state index in [1.54, 1.807) is 36.4 Å². The van der Waals surface area contributed by atoms with Crippen molar-refractivity contribution < 1.29 is 22.3 Å². The maximum atomic E-state index is 13.5. The van der Waals surface area contributed by atoms with Crippen LogP contribution in [0.1, 0.15) is 29.5 Å². The van der Waals surface area contributed by atoms with Gasteiger partial charge < -0.3 is 15.0 Å². The summed E-state index contributed by atoms with van der Waals surface area (Å²) >= 11 is 0. The SMILES string of the molecule is Cc1cccc(CN(C(=O)Nc2ccc(F)cc2)C2CCN(Cc3ccc(Oc4ccc(NS(C)(=O)=O)cc4)cc3)CC2)c1. The summed E-state index contributed by atoms with van der Waals surface area (Å²) in [6.07, 6.45) is 2.79. The van der Waals surface area contributed by atoms with Gasteiger partial charge in [-0.2, -0.15) is 0 Å². The summed E-state index contributed by atoms with van der Waals surface area (Å²) in [4.78, 5) is 17.8. The molecule has 0 aliphatic carbocycles. The molecule has 1 aliphatic heterocycles. The van der Waals surface area contributed by atoms with Crippen molar-refractivity contribution in [1.29, 1.82) is 0 Å². The van der Waals surface area contributed by atoms with E-state index in [0.717, 1.165) is 55.4 Å². The lowest BCUT2D eigenvalue weighted by Crippen LogP contribution is -2.48. The first-order chi connectivity index (χ1) is 21.1. The molecule has 0 atom stereocenters. The Morgan fingerprint density at radius 3 is 2.11 bits per heavy atom. The number of urea groups is 1. The molecule has 1 saturated heterocycles. The van der Waals surface area contributed by atoms with Crippen LogP contribution in [-0.4, -0.2) is 49.6 Å². The Bertz CT molecular complexity index is 1660. The fraction of sp³-hybridized carbons (Fsp3) is 0.265. The summed E-state index contributed by atoms with van der Waals surface area (Å²) in [5, 5.41) is 2.95. The largest absolute Gasteiger partial charge is 0.457 e. The average Bonchev–Trinajstić information content (AvgIpc) is 2.99. The van der Waals surface area contributed by atoms with E-state index in [1.807, 2.05) is 54.3 Å². The van der Waals surface area contributed by atoms with Gasteiger partial charge in [0.25, 0.3) is 0 Å². The number of carbonyl (C=O) groups excluding carboxylic acids is 1. The number of hydrogen-bond acceptors (Lipinski definition) is 5. The van der Waals surface area contributed by atoms with Gasteiger partial charge in [0, 0.05) is 43.6 Å². The fourth-order valence-corrected chi connectivity index (χ4v) is 5.92. The lowest BCUT2D eigenvalue weighted by molar-refractivity contribution is 0.120. The van der Waals surface area contributed by atoms with E-state index in [0.29, 0.717) is 29.4 Å². The van der Waals surface area contributed by atoms with E-state index >= 15 is 0 Å². The molecule has 10 heteroatoms. The second kappa shape index (κ2) is 13.9. The summed E-state index contributed by atoms with van der Waals surface area (Å²) in [6, 6.07) is 28.6. The van der Waals surface area contributed by atoms with Crippen LogP contribution in [0.3, 0.4) is 0 Å². The second-order valence-electron chi connectivity index (χ2n) is 11.2. The number of anilines is 2. The van der Waals surface area contributed by atoms with Crippen LogP contribution in [0.2, 0.25) is 0 Å². The summed E-state index contributed by atoms with van der Waals surface area (Å²) in [5.74, 6) is 0.956. The molecule has 5 rings (SSSR count). The van der Waals surface area contributed by atoms with Crippen LogP contribution in [-0.2, 0) is 23.1 Å². The Labute approximate surface area is 258 Å². The van der Waals surface area contributed by atoms with Gasteiger partial charge in [0.05, 0.1) is 6.26 Å². The third kappa shape index (κ3) is 9.05. The lowest BCUT2D eigenvalue weighted by atomic mass is 10.0. The summed E-state index contributed by atoms with van der Waals surface area (Å²) in [5.41, 5.74) is 4.43. The van der Waals surface area contributed by atoms with E-state index < -0.39 is 10.0 Å². The van der Waals surface area contributed by atoms with Gasteiger partial charge in [0.15, 0.2) is 0 Å². The third-order valence-electron chi connectivity index (χ3n) is 7.51. The third-order valence-corrected chi connectivity index (χ3v) is 8.12. The molecule has 4 aromatic carbocycles. The number of likely N-dealkylation sites (tertiary alicyclic amines) is 1. The molecule has 0 unspecified atom stereocenters. The number of amides is 2. The standard InChI is InChI=1S/C34H37FN4O4S/c1-25-4-3-5-27(22-25)24-39(34(40)36-29-10-8-28(35)9-11-29)31-18-20-38(21-19-31)23-26-6-14-32(15-7-26)43-33-16-12-30(13-17-33)37-44(2,41)42/h3-17,22,31,37H,18-21,23-24H2,1-2H3,(H,36,40). The highest BCUT2D eigenvalue weighted by atomic mass is 32.2. The van der Waals surface area contributed by atoms with Crippen molar-refractivity contribution in [1.82, 2.24) is 9.80 Å². The molecule has 230 valence electrons. The van der Waals surface area contributed by atoms with Gasteiger partial charge in [-0.25, -0.2) is 17.6 Å². The number of benzene rings is 4. The first-order valence-electron chi connectivity index (χ1n) is 14.6. The lowest BCUT2D eigenvalue weighted by Gasteiger charge is -2.38. The van der Waals surface area contributed by atoms with Crippen molar-refractivity contribution in [2.75, 3.05) is 29.4 Å². The number of sulfonamides is 1. The smallest absolute Gasteiger partial charge is 0.322 e. The minimum atomic E-state index is -3.33. The van der Waals surface area contributed by atoms with E-state index in [4.69, 9.17) is 4.74 Å². The van der Waals surface area contributed by atoms with Gasteiger partial charge in [-0.3, -0.25) is 9.62 Å². The number of ether oxygens (including phenoxy) is 1. The number of nitrogens with one attached hydrogen (secondary N) is 2. The van der Waals surface area contributed by atoms with Crippen LogP contribution in [0, 0.1) is 12.7 Å².